The second-order valence-corrected chi connectivity index (χ2v) is 4.47. The van der Waals surface area contributed by atoms with Crippen molar-refractivity contribution in [2.75, 3.05) is 13.1 Å². The normalized spacial score (nSPS) is 11.5. The van der Waals surface area contributed by atoms with Gasteiger partial charge in [0.1, 0.15) is 12.3 Å². The summed E-state index contributed by atoms with van der Waals surface area (Å²) in [5.41, 5.74) is 1.09. The molecule has 0 fully saturated rings. The molecule has 0 saturated carbocycles. The van der Waals surface area contributed by atoms with Crippen LogP contribution in [0.25, 0.3) is 0 Å². The molecule has 0 aliphatic rings. The van der Waals surface area contributed by atoms with Crippen molar-refractivity contribution in [3.8, 4) is 5.75 Å². The van der Waals surface area contributed by atoms with Gasteiger partial charge in [-0.1, -0.05) is 23.8 Å². The molecule has 1 atom stereocenters. The molecule has 0 aliphatic heterocycles. The molecule has 0 bridgehead atoms. The second-order valence-electron chi connectivity index (χ2n) is 4.47. The predicted octanol–water partition coefficient (Wildman–Crippen LogP) is 1.86. The van der Waals surface area contributed by atoms with E-state index in [4.69, 9.17) is 9.84 Å². The van der Waals surface area contributed by atoms with Crippen molar-refractivity contribution in [2.24, 2.45) is 0 Å². The van der Waals surface area contributed by atoms with Crippen LogP contribution in [0.15, 0.2) is 36.9 Å². The van der Waals surface area contributed by atoms with E-state index in [0.717, 1.165) is 5.56 Å². The van der Waals surface area contributed by atoms with Gasteiger partial charge in [0, 0.05) is 6.54 Å². The molecular weight excluding hydrogens is 258 g/mol. The number of carbonyl (C=O) groups excluding carboxylic acids is 1. The van der Waals surface area contributed by atoms with Crippen LogP contribution in [0.4, 0.5) is 0 Å². The van der Waals surface area contributed by atoms with Crippen molar-refractivity contribution in [3.63, 3.8) is 0 Å². The van der Waals surface area contributed by atoms with E-state index in [1.54, 1.807) is 19.1 Å². The molecule has 0 spiro atoms. The zero-order valence-electron chi connectivity index (χ0n) is 11.7. The molecule has 0 aromatic heterocycles. The van der Waals surface area contributed by atoms with Gasteiger partial charge in [-0.3, -0.25) is 9.59 Å². The Morgan fingerprint density at radius 2 is 2.00 bits per heavy atom. The maximum Gasteiger partial charge on any atom is 0.323 e. The lowest BCUT2D eigenvalue weighted by molar-refractivity contribution is -0.146. The van der Waals surface area contributed by atoms with E-state index < -0.39 is 12.1 Å². The van der Waals surface area contributed by atoms with Crippen LogP contribution in [0.2, 0.25) is 0 Å². The molecule has 1 rings (SSSR count). The zero-order valence-corrected chi connectivity index (χ0v) is 11.7. The van der Waals surface area contributed by atoms with Crippen LogP contribution in [-0.4, -0.2) is 41.1 Å². The first-order valence-electron chi connectivity index (χ1n) is 6.29. The summed E-state index contributed by atoms with van der Waals surface area (Å²) in [6.07, 6.45) is 0.733. The number of aryl methyl sites for hydroxylation is 1. The van der Waals surface area contributed by atoms with Gasteiger partial charge in [-0.15, -0.1) is 6.58 Å². The van der Waals surface area contributed by atoms with Gasteiger partial charge in [-0.25, -0.2) is 0 Å². The number of benzene rings is 1. The maximum absolute atomic E-state index is 12.1. The Kier molecular flexibility index (Phi) is 5.77. The summed E-state index contributed by atoms with van der Waals surface area (Å²) in [7, 11) is 0. The minimum atomic E-state index is -1.07. The quantitative estimate of drug-likeness (QED) is 0.772. The van der Waals surface area contributed by atoms with E-state index in [-0.39, 0.29) is 19.0 Å². The standard InChI is InChI=1S/C15H19NO4/c1-4-9-16(10-14(17)18)15(19)12(3)20-13-7-5-11(2)6-8-13/h4-8,12H,1,9-10H2,2-3H3,(H,17,18). The average molecular weight is 277 g/mol. The molecule has 1 unspecified atom stereocenters. The van der Waals surface area contributed by atoms with Crippen LogP contribution < -0.4 is 4.74 Å². The fourth-order valence-corrected chi connectivity index (χ4v) is 1.68. The van der Waals surface area contributed by atoms with Crippen LogP contribution in [0.5, 0.6) is 5.75 Å². The topological polar surface area (TPSA) is 66.8 Å². The SMILES string of the molecule is C=CCN(CC(=O)O)C(=O)C(C)Oc1ccc(C)cc1. The lowest BCUT2D eigenvalue weighted by atomic mass is 10.2. The fourth-order valence-electron chi connectivity index (χ4n) is 1.68. The summed E-state index contributed by atoms with van der Waals surface area (Å²) in [5, 5.41) is 8.79. The van der Waals surface area contributed by atoms with Crippen molar-refractivity contribution in [1.82, 2.24) is 4.90 Å². The Morgan fingerprint density at radius 3 is 2.50 bits per heavy atom. The number of rotatable bonds is 7. The number of carboxylic acids is 1. The summed E-state index contributed by atoms with van der Waals surface area (Å²) in [6, 6.07) is 7.30. The smallest absolute Gasteiger partial charge is 0.323 e. The summed E-state index contributed by atoms with van der Waals surface area (Å²) < 4.78 is 5.52. The zero-order chi connectivity index (χ0) is 15.1. The first-order chi connectivity index (χ1) is 9.43. The Morgan fingerprint density at radius 1 is 1.40 bits per heavy atom. The van der Waals surface area contributed by atoms with Gasteiger partial charge in [-0.05, 0) is 26.0 Å². The molecule has 1 aromatic carbocycles. The molecule has 1 amide bonds. The predicted molar refractivity (Wildman–Crippen MR) is 75.7 cm³/mol. The highest BCUT2D eigenvalue weighted by Crippen LogP contribution is 2.14. The van der Waals surface area contributed by atoms with Gasteiger partial charge in [-0.2, -0.15) is 0 Å². The Hall–Kier alpha value is -2.30. The van der Waals surface area contributed by atoms with Crippen molar-refractivity contribution < 1.29 is 19.4 Å². The monoisotopic (exact) mass is 277 g/mol. The largest absolute Gasteiger partial charge is 0.481 e. The van der Waals surface area contributed by atoms with E-state index in [1.807, 2.05) is 19.1 Å². The molecule has 5 heteroatoms. The number of ether oxygens (including phenoxy) is 1. The van der Waals surface area contributed by atoms with E-state index in [1.165, 1.54) is 11.0 Å². The minimum Gasteiger partial charge on any atom is -0.481 e. The third-order valence-electron chi connectivity index (χ3n) is 2.67. The first kappa shape index (κ1) is 15.8. The average Bonchev–Trinajstić information content (AvgIpc) is 2.39. The molecule has 0 radical (unpaired) electrons. The third kappa shape index (κ3) is 4.76. The molecule has 0 heterocycles. The van der Waals surface area contributed by atoms with E-state index >= 15 is 0 Å². The highest BCUT2D eigenvalue weighted by Gasteiger charge is 2.23. The van der Waals surface area contributed by atoms with Crippen molar-refractivity contribution >= 4 is 11.9 Å². The number of hydrogen-bond acceptors (Lipinski definition) is 3. The highest BCUT2D eigenvalue weighted by molar-refractivity contribution is 5.84. The van der Waals surface area contributed by atoms with Crippen LogP contribution in [0.3, 0.4) is 0 Å². The van der Waals surface area contributed by atoms with Gasteiger partial charge in [0.25, 0.3) is 5.91 Å². The summed E-state index contributed by atoms with van der Waals surface area (Å²) in [5.74, 6) is -0.874. The third-order valence-corrected chi connectivity index (χ3v) is 2.67. The molecule has 0 aliphatic carbocycles. The molecule has 0 saturated heterocycles. The van der Waals surface area contributed by atoms with Crippen LogP contribution >= 0.6 is 0 Å². The first-order valence-corrected chi connectivity index (χ1v) is 6.29. The lowest BCUT2D eigenvalue weighted by Gasteiger charge is -2.23. The Balaban J connectivity index is 2.70. The molecule has 108 valence electrons. The van der Waals surface area contributed by atoms with Crippen molar-refractivity contribution in [1.29, 1.82) is 0 Å². The Bertz CT molecular complexity index is 481. The number of amides is 1. The molecular formula is C15H19NO4. The maximum atomic E-state index is 12.1. The number of carbonyl (C=O) groups is 2. The number of aliphatic carboxylic acids is 1. The molecule has 1 N–H and O–H groups in total. The van der Waals surface area contributed by atoms with Gasteiger partial charge in [0.15, 0.2) is 6.10 Å². The minimum absolute atomic E-state index is 0.173. The van der Waals surface area contributed by atoms with Crippen molar-refractivity contribution in [3.05, 3.63) is 42.5 Å². The number of nitrogens with zero attached hydrogens (tertiary/aromatic N) is 1. The van der Waals surface area contributed by atoms with E-state index in [2.05, 4.69) is 6.58 Å². The summed E-state index contributed by atoms with van der Waals surface area (Å²) in [4.78, 5) is 24.1. The molecule has 5 nitrogen and oxygen atoms in total. The lowest BCUT2D eigenvalue weighted by Crippen LogP contribution is -2.43. The number of hydrogen-bond donors (Lipinski definition) is 1. The van der Waals surface area contributed by atoms with Gasteiger partial charge in [0.2, 0.25) is 0 Å². The van der Waals surface area contributed by atoms with Gasteiger partial charge in [0.05, 0.1) is 0 Å². The van der Waals surface area contributed by atoms with Crippen LogP contribution in [0, 0.1) is 6.92 Å². The second kappa shape index (κ2) is 7.33. The Labute approximate surface area is 118 Å². The van der Waals surface area contributed by atoms with E-state index in [9.17, 15) is 9.59 Å². The summed E-state index contributed by atoms with van der Waals surface area (Å²) >= 11 is 0. The highest BCUT2D eigenvalue weighted by atomic mass is 16.5. The van der Waals surface area contributed by atoms with Crippen LogP contribution in [-0.2, 0) is 9.59 Å². The van der Waals surface area contributed by atoms with Crippen molar-refractivity contribution in [2.45, 2.75) is 20.0 Å². The van der Waals surface area contributed by atoms with Gasteiger partial charge < -0.3 is 14.7 Å². The molecule has 1 aromatic rings. The fraction of sp³-hybridized carbons (Fsp3) is 0.333. The summed E-state index contributed by atoms with van der Waals surface area (Å²) in [6.45, 7) is 6.87. The van der Waals surface area contributed by atoms with Crippen LogP contribution in [0.1, 0.15) is 12.5 Å². The number of carboxylic acid groups (broad SMARTS) is 1. The van der Waals surface area contributed by atoms with Gasteiger partial charge >= 0.3 is 5.97 Å². The van der Waals surface area contributed by atoms with E-state index in [0.29, 0.717) is 5.75 Å². The molecule has 20 heavy (non-hydrogen) atoms.